The standard InChI is InChI=1S/C26H33N3O3/c30-24(18-22-10-7-9-20-8-3-4-11-23(20)22)27-19-25(31)28-16-12-21(13-17-28)26(32)29-14-5-1-2-6-15-29/h3-4,7-11,21H,1-2,5-6,12-19H2,(H,27,30). The summed E-state index contributed by atoms with van der Waals surface area (Å²) in [6, 6.07) is 13.9. The number of likely N-dealkylation sites (tertiary alicyclic amines) is 2. The zero-order valence-electron chi connectivity index (χ0n) is 18.7. The molecular weight excluding hydrogens is 402 g/mol. The van der Waals surface area contributed by atoms with Gasteiger partial charge < -0.3 is 15.1 Å². The molecule has 0 aliphatic carbocycles. The number of nitrogens with zero attached hydrogens (tertiary/aromatic N) is 2. The van der Waals surface area contributed by atoms with E-state index in [0.717, 1.165) is 42.3 Å². The highest BCUT2D eigenvalue weighted by atomic mass is 16.2. The third kappa shape index (κ3) is 5.47. The van der Waals surface area contributed by atoms with E-state index in [0.29, 0.717) is 25.9 Å². The van der Waals surface area contributed by atoms with Gasteiger partial charge in [-0.15, -0.1) is 0 Å². The van der Waals surface area contributed by atoms with Crippen LogP contribution in [0.3, 0.4) is 0 Å². The number of fused-ring (bicyclic) bond motifs is 1. The van der Waals surface area contributed by atoms with Crippen molar-refractivity contribution in [1.29, 1.82) is 0 Å². The average Bonchev–Trinajstić information content (AvgIpc) is 3.12. The van der Waals surface area contributed by atoms with Gasteiger partial charge in [-0.2, -0.15) is 0 Å². The molecule has 2 aliphatic rings. The number of hydrogen-bond donors (Lipinski definition) is 1. The summed E-state index contributed by atoms with van der Waals surface area (Å²) in [4.78, 5) is 41.7. The normalized spacial score (nSPS) is 17.8. The van der Waals surface area contributed by atoms with Gasteiger partial charge >= 0.3 is 0 Å². The number of nitrogens with one attached hydrogen (secondary N) is 1. The number of amides is 3. The molecule has 2 aromatic carbocycles. The second-order valence-corrected chi connectivity index (χ2v) is 8.99. The number of hydrogen-bond acceptors (Lipinski definition) is 3. The molecule has 2 saturated heterocycles. The maximum Gasteiger partial charge on any atom is 0.241 e. The molecule has 0 bridgehead atoms. The lowest BCUT2D eigenvalue weighted by atomic mass is 9.95. The lowest BCUT2D eigenvalue weighted by Gasteiger charge is -2.34. The predicted molar refractivity (Wildman–Crippen MR) is 125 cm³/mol. The van der Waals surface area contributed by atoms with Crippen molar-refractivity contribution in [3.63, 3.8) is 0 Å². The molecule has 0 saturated carbocycles. The van der Waals surface area contributed by atoms with Crippen molar-refractivity contribution in [3.8, 4) is 0 Å². The van der Waals surface area contributed by atoms with Crippen molar-refractivity contribution in [3.05, 3.63) is 48.0 Å². The summed E-state index contributed by atoms with van der Waals surface area (Å²) in [5.74, 6) is 0.0679. The third-order valence-electron chi connectivity index (χ3n) is 6.78. The van der Waals surface area contributed by atoms with E-state index in [1.54, 1.807) is 4.90 Å². The molecular formula is C26H33N3O3. The Morgan fingerprint density at radius 3 is 2.25 bits per heavy atom. The van der Waals surface area contributed by atoms with Gasteiger partial charge in [-0.3, -0.25) is 14.4 Å². The topological polar surface area (TPSA) is 69.7 Å². The molecule has 0 atom stereocenters. The fourth-order valence-electron chi connectivity index (χ4n) is 4.89. The zero-order chi connectivity index (χ0) is 22.3. The van der Waals surface area contributed by atoms with Crippen LogP contribution >= 0.6 is 0 Å². The van der Waals surface area contributed by atoms with Crippen LogP contribution in [-0.2, 0) is 20.8 Å². The summed E-state index contributed by atoms with van der Waals surface area (Å²) < 4.78 is 0. The van der Waals surface area contributed by atoms with E-state index in [2.05, 4.69) is 5.32 Å². The summed E-state index contributed by atoms with van der Waals surface area (Å²) >= 11 is 0. The lowest BCUT2D eigenvalue weighted by molar-refractivity contribution is -0.140. The first-order valence-corrected chi connectivity index (χ1v) is 11.9. The Hall–Kier alpha value is -2.89. The van der Waals surface area contributed by atoms with Crippen LogP contribution in [-0.4, -0.2) is 60.2 Å². The molecule has 2 aromatic rings. The molecule has 2 fully saturated rings. The van der Waals surface area contributed by atoms with Gasteiger partial charge in [0.2, 0.25) is 17.7 Å². The van der Waals surface area contributed by atoms with E-state index in [1.807, 2.05) is 47.4 Å². The van der Waals surface area contributed by atoms with Gasteiger partial charge in [0.15, 0.2) is 0 Å². The van der Waals surface area contributed by atoms with Crippen molar-refractivity contribution in [1.82, 2.24) is 15.1 Å². The highest BCUT2D eigenvalue weighted by Crippen LogP contribution is 2.22. The predicted octanol–water partition coefficient (Wildman–Crippen LogP) is 3.14. The first-order valence-electron chi connectivity index (χ1n) is 11.9. The van der Waals surface area contributed by atoms with Gasteiger partial charge in [0.25, 0.3) is 0 Å². The van der Waals surface area contributed by atoms with Gasteiger partial charge in [0, 0.05) is 32.1 Å². The van der Waals surface area contributed by atoms with Gasteiger partial charge in [-0.05, 0) is 42.0 Å². The Balaban J connectivity index is 1.22. The molecule has 0 radical (unpaired) electrons. The van der Waals surface area contributed by atoms with Crippen LogP contribution in [0, 0.1) is 5.92 Å². The molecule has 32 heavy (non-hydrogen) atoms. The van der Waals surface area contributed by atoms with Gasteiger partial charge in [0.1, 0.15) is 0 Å². The number of rotatable bonds is 5. The highest BCUT2D eigenvalue weighted by Gasteiger charge is 2.30. The van der Waals surface area contributed by atoms with Gasteiger partial charge in [0.05, 0.1) is 13.0 Å². The van der Waals surface area contributed by atoms with Crippen LogP contribution in [0.2, 0.25) is 0 Å². The van der Waals surface area contributed by atoms with E-state index < -0.39 is 0 Å². The Morgan fingerprint density at radius 1 is 0.812 bits per heavy atom. The second kappa shape index (κ2) is 10.6. The number of piperidine rings is 1. The first kappa shape index (κ1) is 22.3. The molecule has 1 N–H and O–H groups in total. The number of carbonyl (C=O) groups excluding carboxylic acids is 3. The number of benzene rings is 2. The van der Waals surface area contributed by atoms with Crippen molar-refractivity contribution < 1.29 is 14.4 Å². The third-order valence-corrected chi connectivity index (χ3v) is 6.78. The smallest absolute Gasteiger partial charge is 0.241 e. The Kier molecular flexibility index (Phi) is 7.40. The molecule has 6 nitrogen and oxygen atoms in total. The minimum absolute atomic E-state index is 0.00827. The molecule has 0 aromatic heterocycles. The molecule has 2 heterocycles. The molecule has 2 aliphatic heterocycles. The van der Waals surface area contributed by atoms with Crippen molar-refractivity contribution in [2.75, 3.05) is 32.7 Å². The van der Waals surface area contributed by atoms with Crippen LogP contribution in [0.5, 0.6) is 0 Å². The molecule has 0 spiro atoms. The quantitative estimate of drug-likeness (QED) is 0.785. The van der Waals surface area contributed by atoms with Crippen molar-refractivity contribution in [2.45, 2.75) is 44.9 Å². The Bertz CT molecular complexity index is 952. The van der Waals surface area contributed by atoms with Crippen LogP contribution in [0.25, 0.3) is 10.8 Å². The summed E-state index contributed by atoms with van der Waals surface area (Å²) in [5.41, 5.74) is 0.959. The van der Waals surface area contributed by atoms with Crippen molar-refractivity contribution >= 4 is 28.5 Å². The van der Waals surface area contributed by atoms with E-state index in [1.165, 1.54) is 12.8 Å². The molecule has 6 heteroatoms. The minimum Gasteiger partial charge on any atom is -0.347 e. The van der Waals surface area contributed by atoms with Crippen LogP contribution in [0.1, 0.15) is 44.1 Å². The van der Waals surface area contributed by atoms with Crippen LogP contribution < -0.4 is 5.32 Å². The first-order chi connectivity index (χ1) is 15.6. The summed E-state index contributed by atoms with van der Waals surface area (Å²) in [7, 11) is 0. The molecule has 4 rings (SSSR count). The summed E-state index contributed by atoms with van der Waals surface area (Å²) in [5, 5.41) is 4.95. The fourth-order valence-corrected chi connectivity index (χ4v) is 4.89. The maximum absolute atomic E-state index is 12.8. The lowest BCUT2D eigenvalue weighted by Crippen LogP contribution is -2.47. The number of carbonyl (C=O) groups is 3. The Labute approximate surface area is 189 Å². The van der Waals surface area contributed by atoms with E-state index >= 15 is 0 Å². The van der Waals surface area contributed by atoms with E-state index in [9.17, 15) is 14.4 Å². The van der Waals surface area contributed by atoms with Crippen LogP contribution in [0.15, 0.2) is 42.5 Å². The van der Waals surface area contributed by atoms with Crippen molar-refractivity contribution in [2.24, 2.45) is 5.92 Å². The SMILES string of the molecule is O=C(Cc1cccc2ccccc12)NCC(=O)N1CCC(C(=O)N2CCCCCC2)CC1. The van der Waals surface area contributed by atoms with E-state index in [4.69, 9.17) is 0 Å². The highest BCUT2D eigenvalue weighted by molar-refractivity contribution is 5.91. The van der Waals surface area contributed by atoms with Gasteiger partial charge in [-0.1, -0.05) is 55.3 Å². The second-order valence-electron chi connectivity index (χ2n) is 8.99. The summed E-state index contributed by atoms with van der Waals surface area (Å²) in [6.45, 7) is 2.93. The minimum atomic E-state index is -0.152. The zero-order valence-corrected chi connectivity index (χ0v) is 18.7. The molecule has 3 amide bonds. The average molecular weight is 436 g/mol. The Morgan fingerprint density at radius 2 is 1.50 bits per heavy atom. The monoisotopic (exact) mass is 435 g/mol. The summed E-state index contributed by atoms with van der Waals surface area (Å²) in [6.07, 6.45) is 6.30. The molecule has 0 unspecified atom stereocenters. The van der Waals surface area contributed by atoms with Gasteiger partial charge in [-0.25, -0.2) is 0 Å². The van der Waals surface area contributed by atoms with E-state index in [-0.39, 0.29) is 36.6 Å². The molecule has 170 valence electrons. The van der Waals surface area contributed by atoms with Crippen LogP contribution in [0.4, 0.5) is 0 Å². The maximum atomic E-state index is 12.8. The largest absolute Gasteiger partial charge is 0.347 e. The fraction of sp³-hybridized carbons (Fsp3) is 0.500.